The fourth-order valence-electron chi connectivity index (χ4n) is 2.84. The fourth-order valence-corrected chi connectivity index (χ4v) is 2.84. The smallest absolute Gasteiger partial charge is 0.166 e. The third-order valence-electron chi connectivity index (χ3n) is 3.93. The number of alkyl halides is 1. The zero-order valence-electron chi connectivity index (χ0n) is 11.5. The topological polar surface area (TPSA) is 99.1 Å². The summed E-state index contributed by atoms with van der Waals surface area (Å²) in [6.45, 7) is 4.13. The van der Waals surface area contributed by atoms with E-state index in [1.54, 1.807) is 4.57 Å². The highest BCUT2D eigenvalue weighted by molar-refractivity contribution is 5.81. The Morgan fingerprint density at radius 1 is 1.48 bits per heavy atom. The van der Waals surface area contributed by atoms with Crippen molar-refractivity contribution in [2.24, 2.45) is 5.92 Å². The Kier molecular flexibility index (Phi) is 3.34. The van der Waals surface area contributed by atoms with E-state index < -0.39 is 24.2 Å². The first-order valence-corrected chi connectivity index (χ1v) is 6.49. The molecule has 2 heterocycles. The Labute approximate surface area is 120 Å². The van der Waals surface area contributed by atoms with Gasteiger partial charge in [0.15, 0.2) is 17.6 Å². The zero-order chi connectivity index (χ0) is 15.1. The molecule has 1 aliphatic rings. The third-order valence-corrected chi connectivity index (χ3v) is 3.93. The molecule has 0 spiro atoms. The monoisotopic (exact) mass is 293 g/mol. The van der Waals surface area contributed by atoms with Crippen LogP contribution in [-0.2, 0) is 4.74 Å². The first-order chi connectivity index (χ1) is 10.1. The number of methoxy groups -OCH3 is 1. The van der Waals surface area contributed by atoms with Crippen molar-refractivity contribution in [2.75, 3.05) is 19.5 Å². The van der Waals surface area contributed by atoms with Gasteiger partial charge >= 0.3 is 0 Å². The lowest BCUT2D eigenvalue weighted by atomic mass is 10.0. The molecule has 3 rings (SSSR count). The number of nitrogens with zero attached hydrogens (tertiary/aromatic N) is 4. The summed E-state index contributed by atoms with van der Waals surface area (Å²) in [5.41, 5.74) is 7.10. The first kappa shape index (κ1) is 13.9. The number of anilines is 1. The number of ether oxygens (including phenoxy) is 1. The van der Waals surface area contributed by atoms with E-state index in [4.69, 9.17) is 10.5 Å². The largest absolute Gasteiger partial charge is 0.389 e. The summed E-state index contributed by atoms with van der Waals surface area (Å²) in [6.07, 6.45) is 0.0644. The summed E-state index contributed by atoms with van der Waals surface area (Å²) < 4.78 is 21.1. The van der Waals surface area contributed by atoms with Crippen molar-refractivity contribution in [3.63, 3.8) is 0 Å². The van der Waals surface area contributed by atoms with E-state index in [1.807, 2.05) is 0 Å². The van der Waals surface area contributed by atoms with Crippen molar-refractivity contribution >= 4 is 17.0 Å². The molecule has 0 aromatic carbocycles. The average molecular weight is 293 g/mol. The molecule has 2 aromatic heterocycles. The summed E-state index contributed by atoms with van der Waals surface area (Å²) in [4.78, 5) is 12.1. The van der Waals surface area contributed by atoms with Crippen LogP contribution in [0.15, 0.2) is 24.8 Å². The van der Waals surface area contributed by atoms with Crippen LogP contribution in [0.1, 0.15) is 6.04 Å². The molecular weight excluding hydrogens is 277 g/mol. The van der Waals surface area contributed by atoms with Gasteiger partial charge in [-0.15, -0.1) is 0 Å². The van der Waals surface area contributed by atoms with Crippen LogP contribution < -0.4 is 5.73 Å². The van der Waals surface area contributed by atoms with E-state index in [-0.39, 0.29) is 12.4 Å². The Hall–Kier alpha value is -2.06. The van der Waals surface area contributed by atoms with Crippen LogP contribution in [0.5, 0.6) is 0 Å². The number of halogens is 1. The number of nitrogen functional groups attached to an aromatic ring is 1. The molecule has 0 aliphatic heterocycles. The maximum Gasteiger partial charge on any atom is 0.166 e. The molecule has 0 amide bonds. The van der Waals surface area contributed by atoms with Gasteiger partial charge in [-0.1, -0.05) is 6.58 Å². The minimum atomic E-state index is -1.51. The van der Waals surface area contributed by atoms with Gasteiger partial charge < -0.3 is 20.1 Å². The summed E-state index contributed by atoms with van der Waals surface area (Å²) in [5.74, 6) is -0.238. The molecule has 0 unspecified atom stereocenters. The molecule has 112 valence electrons. The van der Waals surface area contributed by atoms with Gasteiger partial charge in [-0.05, 0) is 5.57 Å². The lowest BCUT2D eigenvalue weighted by Gasteiger charge is -2.17. The summed E-state index contributed by atoms with van der Waals surface area (Å²) in [7, 11) is 1.50. The van der Waals surface area contributed by atoms with Gasteiger partial charge in [0, 0.05) is 13.0 Å². The molecule has 21 heavy (non-hydrogen) atoms. The maximum absolute atomic E-state index is 14.5. The highest BCUT2D eigenvalue weighted by Gasteiger charge is 2.47. The molecule has 0 radical (unpaired) electrons. The van der Waals surface area contributed by atoms with Crippen LogP contribution in [0.25, 0.3) is 11.2 Å². The van der Waals surface area contributed by atoms with E-state index >= 15 is 0 Å². The Morgan fingerprint density at radius 3 is 2.95 bits per heavy atom. The van der Waals surface area contributed by atoms with Crippen molar-refractivity contribution in [3.05, 3.63) is 24.8 Å². The van der Waals surface area contributed by atoms with Crippen molar-refractivity contribution < 1.29 is 14.2 Å². The molecule has 3 N–H and O–H groups in total. The van der Waals surface area contributed by atoms with Gasteiger partial charge in [0.2, 0.25) is 0 Å². The van der Waals surface area contributed by atoms with E-state index in [2.05, 4.69) is 21.5 Å². The van der Waals surface area contributed by atoms with Gasteiger partial charge in [0.1, 0.15) is 11.8 Å². The van der Waals surface area contributed by atoms with E-state index in [9.17, 15) is 9.50 Å². The van der Waals surface area contributed by atoms with Crippen LogP contribution in [0.2, 0.25) is 0 Å². The quantitative estimate of drug-likeness (QED) is 0.799. The van der Waals surface area contributed by atoms with E-state index in [0.717, 1.165) is 0 Å². The zero-order valence-corrected chi connectivity index (χ0v) is 11.5. The molecule has 1 fully saturated rings. The van der Waals surface area contributed by atoms with Crippen molar-refractivity contribution in [3.8, 4) is 0 Å². The van der Waals surface area contributed by atoms with Gasteiger partial charge in [-0.25, -0.2) is 19.3 Å². The molecule has 2 aromatic rings. The number of nitrogens with two attached hydrogens (primary N) is 1. The van der Waals surface area contributed by atoms with Crippen molar-refractivity contribution in [1.82, 2.24) is 19.5 Å². The standard InChI is InChI=1S/C13H16FN5O2/c1-6-7(3-21-2)11(20)8(14)10(6)19-5-18-9-12(15)16-4-17-13(9)19/h4-5,7-8,10-11,20H,1,3H2,2H3,(H2,15,16,17)/t7-,8+,10+,11+/m0/s1. The highest BCUT2D eigenvalue weighted by atomic mass is 19.1. The molecule has 1 aliphatic carbocycles. The summed E-state index contributed by atoms with van der Waals surface area (Å²) in [5, 5.41) is 10.0. The Bertz CT molecular complexity index is 688. The number of hydrogen-bond acceptors (Lipinski definition) is 6. The van der Waals surface area contributed by atoms with E-state index in [0.29, 0.717) is 16.7 Å². The number of aliphatic hydroxyl groups excluding tert-OH is 1. The first-order valence-electron chi connectivity index (χ1n) is 6.49. The number of aromatic nitrogens is 4. The maximum atomic E-state index is 14.5. The third kappa shape index (κ3) is 1.98. The molecule has 0 saturated heterocycles. The van der Waals surface area contributed by atoms with Crippen molar-refractivity contribution in [2.45, 2.75) is 18.3 Å². The fraction of sp³-hybridized carbons (Fsp3) is 0.462. The average Bonchev–Trinajstić information content (AvgIpc) is 2.96. The summed E-state index contributed by atoms with van der Waals surface area (Å²) in [6, 6.07) is -0.751. The van der Waals surface area contributed by atoms with Gasteiger partial charge in [0.25, 0.3) is 0 Å². The predicted octanol–water partition coefficient (Wildman–Crippen LogP) is 0.481. The normalized spacial score (nSPS) is 29.4. The van der Waals surface area contributed by atoms with Crippen molar-refractivity contribution in [1.29, 1.82) is 0 Å². The molecule has 1 saturated carbocycles. The van der Waals surface area contributed by atoms with Crippen LogP contribution in [0, 0.1) is 5.92 Å². The van der Waals surface area contributed by atoms with E-state index in [1.165, 1.54) is 19.8 Å². The molecule has 4 atom stereocenters. The molecule has 8 heteroatoms. The Balaban J connectivity index is 2.06. The number of rotatable bonds is 3. The second-order valence-corrected chi connectivity index (χ2v) is 5.10. The molecule has 0 bridgehead atoms. The van der Waals surface area contributed by atoms with Gasteiger partial charge in [0.05, 0.1) is 25.1 Å². The SMILES string of the molecule is C=C1[C@@H](n2cnc3c(N)ncnc32)[C@@H](F)[C@H](O)[C@H]1COC. The molecular formula is C13H16FN5O2. The minimum Gasteiger partial charge on any atom is -0.389 e. The highest BCUT2D eigenvalue weighted by Crippen LogP contribution is 2.42. The lowest BCUT2D eigenvalue weighted by Crippen LogP contribution is -2.27. The predicted molar refractivity (Wildman–Crippen MR) is 74.2 cm³/mol. The van der Waals surface area contributed by atoms with Crippen LogP contribution in [0.3, 0.4) is 0 Å². The summed E-state index contributed by atoms with van der Waals surface area (Å²) >= 11 is 0. The lowest BCUT2D eigenvalue weighted by molar-refractivity contribution is 0.0328. The van der Waals surface area contributed by atoms with Gasteiger partial charge in [-0.3, -0.25) is 0 Å². The second kappa shape index (κ2) is 5.05. The number of imidazole rings is 1. The molecule has 7 nitrogen and oxygen atoms in total. The number of fused-ring (bicyclic) bond motifs is 1. The van der Waals surface area contributed by atoms with Crippen LogP contribution >= 0.6 is 0 Å². The van der Waals surface area contributed by atoms with Crippen LogP contribution in [0.4, 0.5) is 10.2 Å². The van der Waals surface area contributed by atoms with Crippen LogP contribution in [-0.4, -0.2) is 50.6 Å². The number of aliphatic hydroxyl groups is 1. The second-order valence-electron chi connectivity index (χ2n) is 5.10. The minimum absolute atomic E-state index is 0.209. The number of hydrogen-bond donors (Lipinski definition) is 2. The van der Waals surface area contributed by atoms with Gasteiger partial charge in [-0.2, -0.15) is 0 Å². The Morgan fingerprint density at radius 2 is 2.24 bits per heavy atom.